The summed E-state index contributed by atoms with van der Waals surface area (Å²) in [5.41, 5.74) is 2.39. The van der Waals surface area contributed by atoms with Gasteiger partial charge in [-0.05, 0) is 31.0 Å². The van der Waals surface area contributed by atoms with E-state index in [4.69, 9.17) is 4.74 Å². The summed E-state index contributed by atoms with van der Waals surface area (Å²) in [4.78, 5) is 13.5. The van der Waals surface area contributed by atoms with Gasteiger partial charge in [-0.2, -0.15) is 0 Å². The normalized spacial score (nSPS) is 9.53. The Morgan fingerprint density at radius 1 is 1.53 bits per heavy atom. The molecule has 4 nitrogen and oxygen atoms in total. The maximum Gasteiger partial charge on any atom is 0.235 e. The molecule has 0 unspecified atom stereocenters. The van der Waals surface area contributed by atoms with Crippen molar-refractivity contribution in [3.8, 4) is 11.5 Å². The number of aryl methyl sites for hydroxylation is 1. The summed E-state index contributed by atoms with van der Waals surface area (Å²) in [6, 6.07) is 1.84. The zero-order valence-electron chi connectivity index (χ0n) is 9.00. The Balaban J connectivity index is 3.31. The van der Waals surface area contributed by atoms with Gasteiger partial charge in [0.2, 0.25) is 6.08 Å². The molecular formula is C11H13NO3. The molecule has 1 N–H and O–H groups in total. The lowest BCUT2D eigenvalue weighted by Crippen LogP contribution is -1.95. The van der Waals surface area contributed by atoms with Crippen molar-refractivity contribution in [3.05, 3.63) is 22.8 Å². The molecule has 1 aromatic carbocycles. The number of benzene rings is 1. The minimum atomic E-state index is 0.105. The molecule has 0 heterocycles. The van der Waals surface area contributed by atoms with Gasteiger partial charge < -0.3 is 9.84 Å². The number of ether oxygens (including phenoxy) is 1. The van der Waals surface area contributed by atoms with Gasteiger partial charge in [-0.15, -0.1) is 0 Å². The highest BCUT2D eigenvalue weighted by Gasteiger charge is 2.13. The van der Waals surface area contributed by atoms with E-state index < -0.39 is 0 Å². The van der Waals surface area contributed by atoms with E-state index in [-0.39, 0.29) is 12.3 Å². The zero-order valence-corrected chi connectivity index (χ0v) is 9.00. The minimum absolute atomic E-state index is 0.105. The molecule has 0 aliphatic carbocycles. The Labute approximate surface area is 88.2 Å². The fraction of sp³-hybridized carbons (Fsp3) is 0.364. The Morgan fingerprint density at radius 2 is 2.20 bits per heavy atom. The molecule has 4 heteroatoms. The molecule has 0 saturated carbocycles. The van der Waals surface area contributed by atoms with Crippen LogP contribution in [0.4, 0.5) is 0 Å². The summed E-state index contributed by atoms with van der Waals surface area (Å²) >= 11 is 0. The molecule has 0 atom stereocenters. The number of nitrogens with zero attached hydrogens (tertiary/aromatic N) is 1. The lowest BCUT2D eigenvalue weighted by molar-refractivity contribution is 0.367. The molecule has 0 bridgehead atoms. The summed E-state index contributed by atoms with van der Waals surface area (Å²) in [7, 11) is 1.47. The second-order valence-corrected chi connectivity index (χ2v) is 3.27. The number of isocyanates is 1. The molecule has 0 fully saturated rings. The fourth-order valence-corrected chi connectivity index (χ4v) is 1.41. The molecule has 0 aromatic heterocycles. The van der Waals surface area contributed by atoms with Crippen molar-refractivity contribution in [3.63, 3.8) is 0 Å². The van der Waals surface area contributed by atoms with Gasteiger partial charge in [0.15, 0.2) is 11.5 Å². The Kier molecular flexibility index (Phi) is 3.47. The van der Waals surface area contributed by atoms with Gasteiger partial charge in [0.25, 0.3) is 0 Å². The molecule has 0 amide bonds. The first-order chi connectivity index (χ1) is 7.11. The van der Waals surface area contributed by atoms with Gasteiger partial charge in [0, 0.05) is 5.56 Å². The third-order valence-electron chi connectivity index (χ3n) is 2.36. The lowest BCUT2D eigenvalue weighted by Gasteiger charge is -2.12. The molecule has 0 radical (unpaired) electrons. The number of hydrogen-bond acceptors (Lipinski definition) is 4. The number of phenols is 1. The van der Waals surface area contributed by atoms with E-state index in [1.807, 2.05) is 13.0 Å². The predicted octanol–water partition coefficient (Wildman–Crippen LogP) is 1.85. The number of aromatic hydroxyl groups is 1. The van der Waals surface area contributed by atoms with Gasteiger partial charge in [-0.1, -0.05) is 0 Å². The smallest absolute Gasteiger partial charge is 0.235 e. The number of aliphatic imine (C=N–C) groups is 1. The van der Waals surface area contributed by atoms with Crippen LogP contribution in [-0.4, -0.2) is 18.3 Å². The number of rotatable bonds is 3. The van der Waals surface area contributed by atoms with Crippen LogP contribution in [0.2, 0.25) is 0 Å². The van der Waals surface area contributed by atoms with Gasteiger partial charge in [-0.25, -0.2) is 9.79 Å². The summed E-state index contributed by atoms with van der Waals surface area (Å²) in [6.07, 6.45) is 1.46. The van der Waals surface area contributed by atoms with Crippen molar-refractivity contribution in [2.45, 2.75) is 20.4 Å². The second kappa shape index (κ2) is 4.62. The third-order valence-corrected chi connectivity index (χ3v) is 2.36. The topological polar surface area (TPSA) is 58.9 Å². The van der Waals surface area contributed by atoms with Crippen molar-refractivity contribution in [1.82, 2.24) is 0 Å². The van der Waals surface area contributed by atoms with E-state index >= 15 is 0 Å². The number of hydrogen-bond donors (Lipinski definition) is 1. The van der Waals surface area contributed by atoms with E-state index in [9.17, 15) is 9.90 Å². The summed E-state index contributed by atoms with van der Waals surface area (Å²) in [6.45, 7) is 3.85. The molecular weight excluding hydrogens is 194 g/mol. The van der Waals surface area contributed by atoms with Crippen molar-refractivity contribution in [1.29, 1.82) is 0 Å². The molecule has 1 aromatic rings. The van der Waals surface area contributed by atoms with E-state index in [0.717, 1.165) is 11.1 Å². The lowest BCUT2D eigenvalue weighted by atomic mass is 10.0. The minimum Gasteiger partial charge on any atom is -0.504 e. The van der Waals surface area contributed by atoms with E-state index in [1.165, 1.54) is 13.2 Å². The number of methoxy groups -OCH3 is 1. The Hall–Kier alpha value is -1.80. The van der Waals surface area contributed by atoms with Crippen LogP contribution in [0.15, 0.2) is 11.1 Å². The first-order valence-electron chi connectivity index (χ1n) is 4.51. The van der Waals surface area contributed by atoms with Crippen LogP contribution >= 0.6 is 0 Å². The van der Waals surface area contributed by atoms with Gasteiger partial charge in [0.05, 0.1) is 13.7 Å². The molecule has 0 spiro atoms. The van der Waals surface area contributed by atoms with Crippen molar-refractivity contribution in [2.75, 3.05) is 7.11 Å². The van der Waals surface area contributed by atoms with E-state index in [0.29, 0.717) is 11.3 Å². The number of carbonyl (C=O) groups excluding carboxylic acids is 1. The van der Waals surface area contributed by atoms with Crippen LogP contribution in [0.1, 0.15) is 16.7 Å². The zero-order chi connectivity index (χ0) is 11.4. The highest BCUT2D eigenvalue weighted by molar-refractivity contribution is 5.54. The Bertz CT molecular complexity index is 420. The van der Waals surface area contributed by atoms with Crippen LogP contribution in [0.3, 0.4) is 0 Å². The monoisotopic (exact) mass is 207 g/mol. The predicted molar refractivity (Wildman–Crippen MR) is 56.0 cm³/mol. The first-order valence-corrected chi connectivity index (χ1v) is 4.51. The average molecular weight is 207 g/mol. The largest absolute Gasteiger partial charge is 0.504 e. The average Bonchev–Trinajstić information content (AvgIpc) is 2.23. The Morgan fingerprint density at radius 3 is 2.73 bits per heavy atom. The molecule has 0 aliphatic rings. The maximum atomic E-state index is 10.0. The van der Waals surface area contributed by atoms with Gasteiger partial charge in [0.1, 0.15) is 0 Å². The number of phenolic OH excluding ortho intramolecular Hbond substituents is 1. The van der Waals surface area contributed by atoms with Crippen molar-refractivity contribution < 1.29 is 14.6 Å². The summed E-state index contributed by atoms with van der Waals surface area (Å²) in [5, 5.41) is 9.79. The highest BCUT2D eigenvalue weighted by atomic mass is 16.5. The molecule has 0 saturated heterocycles. The van der Waals surface area contributed by atoms with Crippen LogP contribution in [0, 0.1) is 13.8 Å². The van der Waals surface area contributed by atoms with Gasteiger partial charge >= 0.3 is 0 Å². The van der Waals surface area contributed by atoms with Crippen molar-refractivity contribution >= 4 is 6.08 Å². The third kappa shape index (κ3) is 2.17. The van der Waals surface area contributed by atoms with Crippen LogP contribution in [0.5, 0.6) is 11.5 Å². The van der Waals surface area contributed by atoms with E-state index in [2.05, 4.69) is 4.99 Å². The van der Waals surface area contributed by atoms with Crippen LogP contribution in [0.25, 0.3) is 0 Å². The van der Waals surface area contributed by atoms with Crippen LogP contribution in [-0.2, 0) is 11.3 Å². The quantitative estimate of drug-likeness (QED) is 0.607. The van der Waals surface area contributed by atoms with Crippen molar-refractivity contribution in [2.24, 2.45) is 4.99 Å². The standard InChI is InChI=1S/C11H13NO3/c1-7-4-9(5-12-6-13)11(15-3)10(14)8(7)2/h4,14H,5H2,1-3H3. The van der Waals surface area contributed by atoms with Gasteiger partial charge in [-0.3, -0.25) is 0 Å². The fourth-order valence-electron chi connectivity index (χ4n) is 1.41. The second-order valence-electron chi connectivity index (χ2n) is 3.27. The van der Waals surface area contributed by atoms with Crippen LogP contribution < -0.4 is 4.74 Å². The first kappa shape index (κ1) is 11.3. The highest BCUT2D eigenvalue weighted by Crippen LogP contribution is 2.35. The molecule has 1 rings (SSSR count). The molecule has 0 aliphatic heterocycles. The molecule has 80 valence electrons. The van der Waals surface area contributed by atoms with E-state index in [1.54, 1.807) is 6.92 Å². The summed E-state index contributed by atoms with van der Waals surface area (Å²) in [5.74, 6) is 0.477. The summed E-state index contributed by atoms with van der Waals surface area (Å²) < 4.78 is 5.07. The molecule has 15 heavy (non-hydrogen) atoms. The maximum absolute atomic E-state index is 10.0. The SMILES string of the molecule is COc1c(CN=C=O)cc(C)c(C)c1O.